The Morgan fingerprint density at radius 2 is 0.600 bits per heavy atom. The van der Waals surface area contributed by atoms with E-state index in [1.165, 1.54) is 0 Å². The number of carbonyl (C=O) groups excluding carboxylic acids is 2. The Morgan fingerprint density at radius 1 is 0.360 bits per heavy atom. The molecule has 2 amide bonds. The Hall–Kier alpha value is -2.76. The van der Waals surface area contributed by atoms with Crippen molar-refractivity contribution in [1.82, 2.24) is 10.6 Å². The van der Waals surface area contributed by atoms with Crippen molar-refractivity contribution in [1.29, 1.82) is 0 Å². The molecule has 0 aromatic rings. The van der Waals surface area contributed by atoms with Crippen LogP contribution in [0.4, 0.5) is 79.0 Å². The number of unbranched alkanes of at least 4 members (excludes halogenated alkanes) is 12. The third-order valence-corrected chi connectivity index (χ3v) is 6.92. The minimum Gasteiger partial charge on any atom is -0.292 e. The zero-order chi connectivity index (χ0) is 39.3. The van der Waals surface area contributed by atoms with Gasteiger partial charge >= 0.3 is 48.1 Å². The highest BCUT2D eigenvalue weighted by Gasteiger charge is 2.83. The SMILES string of the molecule is O=C(CCCCCCCCC#CCCCCCCCCC(=O)NC(F)(F)C(F)(F)C(F)(F)C(F)(F)F)NC(F)(F)C(F)(F)C(F)(F)C(F)(F)F. The Labute approximate surface area is 274 Å². The second-order valence-electron chi connectivity index (χ2n) is 11.1. The molecule has 0 aliphatic carbocycles. The first kappa shape index (κ1) is 47.2. The molecule has 0 fully saturated rings. The van der Waals surface area contributed by atoms with Gasteiger partial charge in [-0.1, -0.05) is 51.4 Å². The lowest BCUT2D eigenvalue weighted by Crippen LogP contribution is -2.66. The average Bonchev–Trinajstić information content (AvgIpc) is 2.94. The summed E-state index contributed by atoms with van der Waals surface area (Å²) in [4.78, 5) is 22.8. The standard InChI is InChI=1S/C28H34F18N2O2/c29-21(30,25(37,38)39)23(33,34)27(43,44)47-19(49)17-15-13-11-9-7-5-3-1-2-4-6-8-10-12-14-16-18-20(50)48-28(45,46)24(35,36)22(31,32)26(40,41)42/h3-18H2,(H,47,49)(H,48,50). The van der Waals surface area contributed by atoms with Crippen molar-refractivity contribution >= 4 is 11.8 Å². The highest BCUT2D eigenvalue weighted by molar-refractivity contribution is 5.76. The lowest BCUT2D eigenvalue weighted by atomic mass is 10.1. The van der Waals surface area contributed by atoms with Gasteiger partial charge in [0.25, 0.3) is 0 Å². The zero-order valence-electron chi connectivity index (χ0n) is 25.9. The molecule has 0 aliphatic rings. The van der Waals surface area contributed by atoms with E-state index in [1.807, 2.05) is 0 Å². The largest absolute Gasteiger partial charge is 0.460 e. The second kappa shape index (κ2) is 18.6. The van der Waals surface area contributed by atoms with E-state index in [9.17, 15) is 88.6 Å². The van der Waals surface area contributed by atoms with Crippen LogP contribution in [0, 0.1) is 11.8 Å². The normalized spacial score (nSPS) is 13.9. The summed E-state index contributed by atoms with van der Waals surface area (Å²) in [5, 5.41) is 0.472. The van der Waals surface area contributed by atoms with Gasteiger partial charge in [0.05, 0.1) is 0 Å². The lowest BCUT2D eigenvalue weighted by Gasteiger charge is -2.33. The van der Waals surface area contributed by atoms with Crippen LogP contribution in [-0.2, 0) is 9.59 Å². The quantitative estimate of drug-likeness (QED) is 0.0498. The molecule has 0 aromatic heterocycles. The third-order valence-electron chi connectivity index (χ3n) is 6.92. The number of carbonyl (C=O) groups is 2. The van der Waals surface area contributed by atoms with Gasteiger partial charge in [-0.2, -0.15) is 79.0 Å². The first-order chi connectivity index (χ1) is 22.5. The Balaban J connectivity index is 4.02. The van der Waals surface area contributed by atoms with Crippen LogP contribution in [-0.4, -0.2) is 60.0 Å². The second-order valence-corrected chi connectivity index (χ2v) is 11.1. The van der Waals surface area contributed by atoms with E-state index in [0.29, 0.717) is 64.2 Å². The van der Waals surface area contributed by atoms with Crippen LogP contribution in [0.1, 0.15) is 103 Å². The monoisotopic (exact) mass is 772 g/mol. The summed E-state index contributed by atoms with van der Waals surface area (Å²) in [6, 6.07) is -12.3. The highest BCUT2D eigenvalue weighted by Crippen LogP contribution is 2.53. The fourth-order valence-corrected chi connectivity index (χ4v) is 3.97. The van der Waals surface area contributed by atoms with Crippen LogP contribution < -0.4 is 10.6 Å². The summed E-state index contributed by atoms with van der Waals surface area (Å²) < 4.78 is 230. The minimum atomic E-state index is -7.10. The van der Waals surface area contributed by atoms with E-state index in [2.05, 4.69) is 11.8 Å². The number of hydrogen-bond donors (Lipinski definition) is 2. The number of alkyl halides is 18. The van der Waals surface area contributed by atoms with Crippen molar-refractivity contribution in [2.24, 2.45) is 0 Å². The molecule has 0 bridgehead atoms. The van der Waals surface area contributed by atoms with Gasteiger partial charge < -0.3 is 0 Å². The molecule has 50 heavy (non-hydrogen) atoms. The molecule has 0 aromatic carbocycles. The maximum atomic E-state index is 13.4. The molecule has 294 valence electrons. The van der Waals surface area contributed by atoms with Gasteiger partial charge in [0, 0.05) is 25.7 Å². The van der Waals surface area contributed by atoms with Crippen LogP contribution in [0.2, 0.25) is 0 Å². The van der Waals surface area contributed by atoms with Crippen molar-refractivity contribution < 1.29 is 88.6 Å². The van der Waals surface area contributed by atoms with Crippen LogP contribution in [0.25, 0.3) is 0 Å². The molecule has 22 heteroatoms. The number of rotatable bonds is 22. The topological polar surface area (TPSA) is 58.2 Å². The van der Waals surface area contributed by atoms with Crippen LogP contribution in [0.15, 0.2) is 0 Å². The van der Waals surface area contributed by atoms with Crippen LogP contribution in [0.5, 0.6) is 0 Å². The molecule has 0 radical (unpaired) electrons. The summed E-state index contributed by atoms with van der Waals surface area (Å²) in [6.45, 7) is 0. The summed E-state index contributed by atoms with van der Waals surface area (Å²) in [7, 11) is 0. The average molecular weight is 773 g/mol. The number of halogens is 18. The summed E-state index contributed by atoms with van der Waals surface area (Å²) in [6.07, 6.45) is -9.61. The maximum absolute atomic E-state index is 13.4. The Kier molecular flexibility index (Phi) is 17.6. The van der Waals surface area contributed by atoms with Gasteiger partial charge in [-0.05, 0) is 25.7 Å². The Bertz CT molecular complexity index is 1040. The number of amides is 2. The van der Waals surface area contributed by atoms with E-state index in [-0.39, 0.29) is 36.3 Å². The molecule has 0 saturated heterocycles. The van der Waals surface area contributed by atoms with E-state index < -0.39 is 72.8 Å². The predicted molar refractivity (Wildman–Crippen MR) is 140 cm³/mol. The molecular weight excluding hydrogens is 738 g/mol. The molecule has 2 N–H and O–H groups in total. The molecule has 0 heterocycles. The van der Waals surface area contributed by atoms with Crippen molar-refractivity contribution in [3.63, 3.8) is 0 Å². The smallest absolute Gasteiger partial charge is 0.292 e. The lowest BCUT2D eigenvalue weighted by molar-refractivity contribution is -0.399. The van der Waals surface area contributed by atoms with Crippen molar-refractivity contribution in [3.8, 4) is 11.8 Å². The fourth-order valence-electron chi connectivity index (χ4n) is 3.97. The number of nitrogens with one attached hydrogen (secondary N) is 2. The summed E-state index contributed by atoms with van der Waals surface area (Å²) in [5.41, 5.74) is 0. The van der Waals surface area contributed by atoms with Crippen molar-refractivity contribution in [3.05, 3.63) is 0 Å². The number of hydrogen-bond acceptors (Lipinski definition) is 2. The van der Waals surface area contributed by atoms with Crippen LogP contribution in [0.3, 0.4) is 0 Å². The minimum absolute atomic E-state index is 0.128. The van der Waals surface area contributed by atoms with E-state index >= 15 is 0 Å². The van der Waals surface area contributed by atoms with Gasteiger partial charge in [-0.15, -0.1) is 11.8 Å². The van der Waals surface area contributed by atoms with Crippen LogP contribution >= 0.6 is 0 Å². The molecule has 0 saturated carbocycles. The van der Waals surface area contributed by atoms with Crippen molar-refractivity contribution in [2.45, 2.75) is 151 Å². The van der Waals surface area contributed by atoms with E-state index in [4.69, 9.17) is 0 Å². The fraction of sp³-hybridized carbons (Fsp3) is 0.857. The molecule has 0 aliphatic heterocycles. The Morgan fingerprint density at radius 3 is 0.860 bits per heavy atom. The highest BCUT2D eigenvalue weighted by atomic mass is 19.4. The third kappa shape index (κ3) is 13.1. The summed E-state index contributed by atoms with van der Waals surface area (Å²) >= 11 is 0. The summed E-state index contributed by atoms with van der Waals surface area (Å²) in [5.74, 6) is -26.0. The molecule has 0 unspecified atom stereocenters. The van der Waals surface area contributed by atoms with Gasteiger partial charge in [0.2, 0.25) is 11.8 Å². The van der Waals surface area contributed by atoms with E-state index in [1.54, 1.807) is 0 Å². The van der Waals surface area contributed by atoms with Crippen molar-refractivity contribution in [2.75, 3.05) is 0 Å². The molecular formula is C28H34F18N2O2. The predicted octanol–water partition coefficient (Wildman–Crippen LogP) is 10.3. The molecule has 0 rings (SSSR count). The first-order valence-corrected chi connectivity index (χ1v) is 15.0. The molecule has 4 nitrogen and oxygen atoms in total. The van der Waals surface area contributed by atoms with Gasteiger partial charge in [-0.25, -0.2) is 0 Å². The van der Waals surface area contributed by atoms with E-state index in [0.717, 1.165) is 0 Å². The molecule has 0 spiro atoms. The van der Waals surface area contributed by atoms with Gasteiger partial charge in [0.15, 0.2) is 0 Å². The molecule has 0 atom stereocenters. The zero-order valence-corrected chi connectivity index (χ0v) is 25.9. The van der Waals surface area contributed by atoms with Gasteiger partial charge in [0.1, 0.15) is 0 Å². The maximum Gasteiger partial charge on any atom is 0.460 e. The van der Waals surface area contributed by atoms with Gasteiger partial charge in [-0.3, -0.25) is 20.2 Å². The first-order valence-electron chi connectivity index (χ1n) is 15.0.